The molecule has 0 spiro atoms. The van der Waals surface area contributed by atoms with E-state index >= 15 is 0 Å². The second kappa shape index (κ2) is 10.5. The summed E-state index contributed by atoms with van der Waals surface area (Å²) in [4.78, 5) is 16.5. The lowest BCUT2D eigenvalue weighted by molar-refractivity contribution is -0.121. The van der Waals surface area contributed by atoms with E-state index < -0.39 is 10.0 Å². The van der Waals surface area contributed by atoms with Gasteiger partial charge in [0, 0.05) is 18.5 Å². The summed E-state index contributed by atoms with van der Waals surface area (Å²) < 4.78 is 36.2. The van der Waals surface area contributed by atoms with Crippen molar-refractivity contribution < 1.29 is 22.5 Å². The van der Waals surface area contributed by atoms with Crippen molar-refractivity contribution >= 4 is 21.6 Å². The number of aryl methyl sites for hydroxylation is 2. The van der Waals surface area contributed by atoms with Crippen LogP contribution < -0.4 is 14.4 Å². The molecule has 10 heteroatoms. The molecule has 3 aromatic rings. The quantitative estimate of drug-likeness (QED) is 0.482. The Morgan fingerprint density at radius 3 is 2.39 bits per heavy atom. The minimum absolute atomic E-state index is 0.0921. The Balaban J connectivity index is 1.52. The van der Waals surface area contributed by atoms with Crippen molar-refractivity contribution in [1.29, 1.82) is 0 Å². The smallest absolute Gasteiger partial charge is 0.246 e. The largest absolute Gasteiger partial charge is 0.497 e. The van der Waals surface area contributed by atoms with Crippen LogP contribution in [0, 0.1) is 13.8 Å². The Kier molecular flexibility index (Phi) is 7.70. The molecule has 3 rings (SSSR count). The third kappa shape index (κ3) is 6.79. The monoisotopic (exact) mass is 472 g/mol. The molecule has 1 N–H and O–H groups in total. The number of rotatable bonds is 10. The number of anilines is 1. The fraction of sp³-hybridized carbons (Fsp3) is 0.348. The van der Waals surface area contributed by atoms with E-state index in [1.54, 1.807) is 19.2 Å². The molecule has 0 saturated heterocycles. The lowest BCUT2D eigenvalue weighted by Gasteiger charge is -2.23. The first-order valence-corrected chi connectivity index (χ1v) is 12.3. The van der Waals surface area contributed by atoms with E-state index in [4.69, 9.17) is 9.26 Å². The summed E-state index contributed by atoms with van der Waals surface area (Å²) >= 11 is 0. The Morgan fingerprint density at radius 1 is 1.12 bits per heavy atom. The average Bonchev–Trinajstić information content (AvgIpc) is 3.23. The first-order valence-electron chi connectivity index (χ1n) is 10.5. The first kappa shape index (κ1) is 24.2. The molecule has 1 amide bonds. The van der Waals surface area contributed by atoms with Crippen molar-refractivity contribution in [2.45, 2.75) is 33.2 Å². The van der Waals surface area contributed by atoms with Crippen molar-refractivity contribution in [3.63, 3.8) is 0 Å². The number of benzene rings is 2. The Bertz CT molecular complexity index is 1190. The Morgan fingerprint density at radius 2 is 1.79 bits per heavy atom. The molecule has 176 valence electrons. The number of hydrogen-bond donors (Lipinski definition) is 1. The number of nitrogens with zero attached hydrogens (tertiary/aromatic N) is 3. The van der Waals surface area contributed by atoms with Crippen LogP contribution >= 0.6 is 0 Å². The molecule has 0 bridgehead atoms. The molecule has 0 unspecified atom stereocenters. The van der Waals surface area contributed by atoms with Gasteiger partial charge in [0.1, 0.15) is 5.75 Å². The number of amides is 1. The molecule has 33 heavy (non-hydrogen) atoms. The molecule has 0 aliphatic heterocycles. The standard InChI is InChI=1S/C23H28N4O5S/c1-16-12-17(2)14-19(13-16)27(33(4,29)30)11-5-6-21(28)24-15-22-25-23(26-32-22)18-7-9-20(31-3)10-8-18/h7-10,12-14H,5-6,11,15H2,1-4H3,(H,24,28). The maximum absolute atomic E-state index is 12.3. The molecule has 0 atom stereocenters. The average molecular weight is 473 g/mol. The van der Waals surface area contributed by atoms with Crippen LogP contribution in [0.4, 0.5) is 5.69 Å². The number of methoxy groups -OCH3 is 1. The van der Waals surface area contributed by atoms with Gasteiger partial charge in [0.15, 0.2) is 0 Å². The summed E-state index contributed by atoms with van der Waals surface area (Å²) in [5.74, 6) is 1.19. The van der Waals surface area contributed by atoms with Gasteiger partial charge in [0.2, 0.25) is 27.6 Å². The van der Waals surface area contributed by atoms with Crippen LogP contribution in [0.25, 0.3) is 11.4 Å². The number of hydrogen-bond acceptors (Lipinski definition) is 7. The highest BCUT2D eigenvalue weighted by Gasteiger charge is 2.18. The van der Waals surface area contributed by atoms with Crippen molar-refractivity contribution in [2.24, 2.45) is 0 Å². The molecule has 9 nitrogen and oxygen atoms in total. The second-order valence-electron chi connectivity index (χ2n) is 7.80. The zero-order valence-corrected chi connectivity index (χ0v) is 20.0. The minimum Gasteiger partial charge on any atom is -0.497 e. The zero-order valence-electron chi connectivity index (χ0n) is 19.2. The fourth-order valence-electron chi connectivity index (χ4n) is 3.41. The van der Waals surface area contributed by atoms with Gasteiger partial charge >= 0.3 is 0 Å². The Labute approximate surface area is 193 Å². The highest BCUT2D eigenvalue weighted by molar-refractivity contribution is 7.92. The van der Waals surface area contributed by atoms with Gasteiger partial charge in [-0.1, -0.05) is 11.2 Å². The van der Waals surface area contributed by atoms with E-state index in [-0.39, 0.29) is 31.3 Å². The summed E-state index contributed by atoms with van der Waals surface area (Å²) in [5, 5.41) is 6.66. The van der Waals surface area contributed by atoms with E-state index in [1.165, 1.54) is 10.6 Å². The molecule has 0 radical (unpaired) electrons. The van der Waals surface area contributed by atoms with E-state index in [0.717, 1.165) is 22.4 Å². The first-order chi connectivity index (χ1) is 15.7. The molecule has 1 aromatic heterocycles. The van der Waals surface area contributed by atoms with Gasteiger partial charge in [0.05, 0.1) is 25.6 Å². The van der Waals surface area contributed by atoms with Gasteiger partial charge in [0.25, 0.3) is 0 Å². The number of carbonyl (C=O) groups is 1. The maximum Gasteiger partial charge on any atom is 0.246 e. The fourth-order valence-corrected chi connectivity index (χ4v) is 4.36. The number of aromatic nitrogens is 2. The van der Waals surface area contributed by atoms with E-state index in [2.05, 4.69) is 15.5 Å². The molecule has 0 fully saturated rings. The summed E-state index contributed by atoms with van der Waals surface area (Å²) in [6.07, 6.45) is 1.70. The number of sulfonamides is 1. The topological polar surface area (TPSA) is 115 Å². The zero-order chi connectivity index (χ0) is 24.0. The molecule has 2 aromatic carbocycles. The lowest BCUT2D eigenvalue weighted by atomic mass is 10.1. The highest BCUT2D eigenvalue weighted by atomic mass is 32.2. The Hall–Kier alpha value is -3.40. The van der Waals surface area contributed by atoms with Gasteiger partial charge in [-0.15, -0.1) is 0 Å². The van der Waals surface area contributed by atoms with Crippen LogP contribution in [-0.4, -0.2) is 44.4 Å². The van der Waals surface area contributed by atoms with Crippen molar-refractivity contribution in [1.82, 2.24) is 15.5 Å². The van der Waals surface area contributed by atoms with Gasteiger partial charge in [-0.3, -0.25) is 9.10 Å². The summed E-state index contributed by atoms with van der Waals surface area (Å²) in [6.45, 7) is 4.14. The van der Waals surface area contributed by atoms with E-state index in [0.29, 0.717) is 17.9 Å². The van der Waals surface area contributed by atoms with Gasteiger partial charge in [-0.05, 0) is 67.8 Å². The van der Waals surface area contributed by atoms with Crippen LogP contribution in [0.2, 0.25) is 0 Å². The normalized spacial score (nSPS) is 11.3. The molecule has 0 saturated carbocycles. The van der Waals surface area contributed by atoms with Crippen LogP contribution in [0.1, 0.15) is 29.9 Å². The maximum atomic E-state index is 12.3. The lowest BCUT2D eigenvalue weighted by Crippen LogP contribution is -2.32. The van der Waals surface area contributed by atoms with Crippen LogP contribution in [-0.2, 0) is 21.4 Å². The highest BCUT2D eigenvalue weighted by Crippen LogP contribution is 2.22. The summed E-state index contributed by atoms with van der Waals surface area (Å²) in [7, 11) is -1.88. The van der Waals surface area contributed by atoms with Gasteiger partial charge < -0.3 is 14.6 Å². The minimum atomic E-state index is -3.47. The molecule has 1 heterocycles. The van der Waals surface area contributed by atoms with E-state index in [9.17, 15) is 13.2 Å². The van der Waals surface area contributed by atoms with E-state index in [1.807, 2.05) is 44.2 Å². The molecule has 0 aliphatic carbocycles. The number of carbonyl (C=O) groups excluding carboxylic acids is 1. The third-order valence-corrected chi connectivity index (χ3v) is 6.11. The van der Waals surface area contributed by atoms with Gasteiger partial charge in [-0.25, -0.2) is 8.42 Å². The third-order valence-electron chi connectivity index (χ3n) is 4.91. The second-order valence-corrected chi connectivity index (χ2v) is 9.71. The molecular weight excluding hydrogens is 444 g/mol. The number of ether oxygens (including phenoxy) is 1. The van der Waals surface area contributed by atoms with Crippen molar-refractivity contribution in [3.05, 3.63) is 59.5 Å². The summed E-state index contributed by atoms with van der Waals surface area (Å²) in [6, 6.07) is 12.9. The predicted octanol–water partition coefficient (Wildman–Crippen LogP) is 3.22. The van der Waals surface area contributed by atoms with Crippen molar-refractivity contribution in [2.75, 3.05) is 24.2 Å². The SMILES string of the molecule is COc1ccc(-c2noc(CNC(=O)CCCN(c3cc(C)cc(C)c3)S(C)(=O)=O)n2)cc1. The van der Waals surface area contributed by atoms with Crippen molar-refractivity contribution in [3.8, 4) is 17.1 Å². The molecule has 0 aliphatic rings. The number of nitrogens with one attached hydrogen (secondary N) is 1. The molecular formula is C23H28N4O5S. The van der Waals surface area contributed by atoms with Crippen LogP contribution in [0.15, 0.2) is 47.0 Å². The van der Waals surface area contributed by atoms with Crippen LogP contribution in [0.3, 0.4) is 0 Å². The van der Waals surface area contributed by atoms with Crippen LogP contribution in [0.5, 0.6) is 5.75 Å². The summed E-state index contributed by atoms with van der Waals surface area (Å²) in [5.41, 5.74) is 3.33. The van der Waals surface area contributed by atoms with Gasteiger partial charge in [-0.2, -0.15) is 4.98 Å². The predicted molar refractivity (Wildman–Crippen MR) is 125 cm³/mol.